The average molecular weight is 189 g/mol. The zero-order valence-electron chi connectivity index (χ0n) is 8.04. The third-order valence-corrected chi connectivity index (χ3v) is 2.48. The molecule has 0 aromatic carbocycles. The summed E-state index contributed by atoms with van der Waals surface area (Å²) in [6.45, 7) is 5.11. The SMILES string of the molecule is [O]CCCN1CCN(CCF)CC1. The van der Waals surface area contributed by atoms with Gasteiger partial charge in [0.1, 0.15) is 6.67 Å². The molecule has 0 aromatic heterocycles. The van der Waals surface area contributed by atoms with E-state index in [1.165, 1.54) is 0 Å². The van der Waals surface area contributed by atoms with E-state index in [1.54, 1.807) is 0 Å². The highest BCUT2D eigenvalue weighted by Gasteiger charge is 2.15. The molecule has 1 saturated heterocycles. The number of halogens is 1. The molecule has 1 radical (unpaired) electrons. The van der Waals surface area contributed by atoms with Crippen molar-refractivity contribution < 1.29 is 9.50 Å². The van der Waals surface area contributed by atoms with E-state index < -0.39 is 0 Å². The Kier molecular flexibility index (Phi) is 5.27. The predicted octanol–water partition coefficient (Wildman–Crippen LogP) is 0.394. The fourth-order valence-corrected chi connectivity index (χ4v) is 1.64. The summed E-state index contributed by atoms with van der Waals surface area (Å²) < 4.78 is 12.0. The van der Waals surface area contributed by atoms with E-state index in [0.29, 0.717) is 6.54 Å². The molecule has 13 heavy (non-hydrogen) atoms. The molecular formula is C9H18FN2O. The van der Waals surface area contributed by atoms with Crippen LogP contribution in [0.2, 0.25) is 0 Å². The fourth-order valence-electron chi connectivity index (χ4n) is 1.64. The lowest BCUT2D eigenvalue weighted by atomic mass is 10.3. The third kappa shape index (κ3) is 4.02. The molecule has 1 fully saturated rings. The number of rotatable bonds is 5. The number of piperazine rings is 1. The largest absolute Gasteiger partial charge is 0.301 e. The van der Waals surface area contributed by atoms with Gasteiger partial charge < -0.3 is 4.90 Å². The van der Waals surface area contributed by atoms with Gasteiger partial charge in [-0.25, -0.2) is 9.50 Å². The standard InChI is InChI=1S/C9H18FN2O/c10-2-4-12-7-5-11(6-8-12)3-1-9-13/h1-9H2. The number of alkyl halides is 1. The summed E-state index contributed by atoms with van der Waals surface area (Å²) >= 11 is 0. The van der Waals surface area contributed by atoms with Crippen molar-refractivity contribution in [3.05, 3.63) is 0 Å². The molecule has 0 amide bonds. The molecule has 0 N–H and O–H groups in total. The maximum Gasteiger partial charge on any atom is 0.102 e. The van der Waals surface area contributed by atoms with Crippen LogP contribution in [0.25, 0.3) is 0 Å². The Morgan fingerprint density at radius 3 is 2.00 bits per heavy atom. The Hall–Kier alpha value is -0.190. The molecule has 0 aromatic rings. The van der Waals surface area contributed by atoms with Gasteiger partial charge in [-0.05, 0) is 6.42 Å². The van der Waals surface area contributed by atoms with E-state index in [0.717, 1.165) is 39.1 Å². The van der Waals surface area contributed by atoms with E-state index in [9.17, 15) is 9.50 Å². The quantitative estimate of drug-likeness (QED) is 0.625. The van der Waals surface area contributed by atoms with Crippen LogP contribution in [0, 0.1) is 0 Å². The summed E-state index contributed by atoms with van der Waals surface area (Å²) in [5.41, 5.74) is 0. The van der Waals surface area contributed by atoms with E-state index in [2.05, 4.69) is 9.80 Å². The number of hydrogen-bond donors (Lipinski definition) is 0. The Morgan fingerprint density at radius 2 is 1.54 bits per heavy atom. The lowest BCUT2D eigenvalue weighted by Gasteiger charge is -2.33. The van der Waals surface area contributed by atoms with Crippen molar-refractivity contribution in [2.45, 2.75) is 6.42 Å². The van der Waals surface area contributed by atoms with Gasteiger partial charge in [0.05, 0.1) is 6.61 Å². The zero-order chi connectivity index (χ0) is 9.52. The first kappa shape index (κ1) is 10.9. The van der Waals surface area contributed by atoms with Gasteiger partial charge in [-0.15, -0.1) is 0 Å². The van der Waals surface area contributed by atoms with Crippen molar-refractivity contribution in [3.63, 3.8) is 0 Å². The molecule has 4 heteroatoms. The van der Waals surface area contributed by atoms with Crippen molar-refractivity contribution in [2.24, 2.45) is 0 Å². The van der Waals surface area contributed by atoms with Crippen molar-refractivity contribution in [1.29, 1.82) is 0 Å². The Balaban J connectivity index is 2.08. The second-order valence-electron chi connectivity index (χ2n) is 3.43. The van der Waals surface area contributed by atoms with Crippen LogP contribution in [0.5, 0.6) is 0 Å². The molecule has 0 aliphatic carbocycles. The van der Waals surface area contributed by atoms with Gasteiger partial charge in [0.25, 0.3) is 0 Å². The van der Waals surface area contributed by atoms with Crippen LogP contribution in [0.3, 0.4) is 0 Å². The van der Waals surface area contributed by atoms with E-state index in [1.807, 2.05) is 0 Å². The minimum atomic E-state index is -0.249. The average Bonchev–Trinajstić information content (AvgIpc) is 2.17. The van der Waals surface area contributed by atoms with Gasteiger partial charge in [0.2, 0.25) is 0 Å². The molecule has 3 nitrogen and oxygen atoms in total. The van der Waals surface area contributed by atoms with Crippen LogP contribution < -0.4 is 0 Å². The highest BCUT2D eigenvalue weighted by atomic mass is 19.1. The zero-order valence-corrected chi connectivity index (χ0v) is 8.04. The first-order valence-corrected chi connectivity index (χ1v) is 4.95. The highest BCUT2D eigenvalue weighted by Crippen LogP contribution is 2.01. The second kappa shape index (κ2) is 6.29. The van der Waals surface area contributed by atoms with Crippen LogP contribution in [-0.2, 0) is 5.11 Å². The summed E-state index contributed by atoms with van der Waals surface area (Å²) in [6.07, 6.45) is 0.739. The van der Waals surface area contributed by atoms with Crippen LogP contribution in [0.4, 0.5) is 4.39 Å². The molecule has 77 valence electrons. The molecule has 0 spiro atoms. The maximum atomic E-state index is 12.0. The van der Waals surface area contributed by atoms with Crippen LogP contribution in [-0.4, -0.2) is 62.3 Å². The van der Waals surface area contributed by atoms with Gasteiger partial charge in [-0.3, -0.25) is 4.90 Å². The van der Waals surface area contributed by atoms with Crippen LogP contribution in [0.1, 0.15) is 6.42 Å². The second-order valence-corrected chi connectivity index (χ2v) is 3.43. The molecule has 1 aliphatic rings. The lowest BCUT2D eigenvalue weighted by Crippen LogP contribution is -2.47. The molecule has 0 bridgehead atoms. The minimum absolute atomic E-state index is 0.0185. The van der Waals surface area contributed by atoms with Gasteiger partial charge in [0.15, 0.2) is 0 Å². The number of nitrogens with zero attached hydrogens (tertiary/aromatic N) is 2. The number of hydrogen-bond acceptors (Lipinski definition) is 2. The Labute approximate surface area is 79.1 Å². The molecule has 1 rings (SSSR count). The molecular weight excluding hydrogens is 171 g/mol. The molecule has 0 atom stereocenters. The van der Waals surface area contributed by atoms with Crippen LogP contribution in [0.15, 0.2) is 0 Å². The summed E-state index contributed by atoms with van der Waals surface area (Å²) in [6, 6.07) is 0. The fraction of sp³-hybridized carbons (Fsp3) is 1.00. The van der Waals surface area contributed by atoms with Crippen LogP contribution >= 0.6 is 0 Å². The van der Waals surface area contributed by atoms with Gasteiger partial charge in [-0.2, -0.15) is 0 Å². The summed E-state index contributed by atoms with van der Waals surface area (Å²) in [5, 5.41) is 10.3. The van der Waals surface area contributed by atoms with E-state index in [-0.39, 0.29) is 13.3 Å². The normalized spacial score (nSPS) is 20.8. The first-order chi connectivity index (χ1) is 6.36. The smallest absolute Gasteiger partial charge is 0.102 e. The highest BCUT2D eigenvalue weighted by molar-refractivity contribution is 4.71. The summed E-state index contributed by atoms with van der Waals surface area (Å²) in [5.74, 6) is 0. The molecule has 0 saturated carbocycles. The Bertz CT molecular complexity index is 127. The molecule has 0 unspecified atom stereocenters. The topological polar surface area (TPSA) is 26.4 Å². The van der Waals surface area contributed by atoms with Crippen molar-refractivity contribution in [3.8, 4) is 0 Å². The van der Waals surface area contributed by atoms with Crippen molar-refractivity contribution >= 4 is 0 Å². The first-order valence-electron chi connectivity index (χ1n) is 4.95. The molecule has 1 aliphatic heterocycles. The summed E-state index contributed by atoms with van der Waals surface area (Å²) in [4.78, 5) is 4.42. The van der Waals surface area contributed by atoms with Crippen molar-refractivity contribution in [1.82, 2.24) is 9.80 Å². The monoisotopic (exact) mass is 189 g/mol. The Morgan fingerprint density at radius 1 is 1.00 bits per heavy atom. The van der Waals surface area contributed by atoms with E-state index in [4.69, 9.17) is 0 Å². The third-order valence-electron chi connectivity index (χ3n) is 2.48. The maximum absolute atomic E-state index is 12.0. The molecule has 1 heterocycles. The van der Waals surface area contributed by atoms with E-state index >= 15 is 0 Å². The summed E-state index contributed by atoms with van der Waals surface area (Å²) in [7, 11) is 0. The van der Waals surface area contributed by atoms with Crippen molar-refractivity contribution in [2.75, 3.05) is 52.6 Å². The van der Waals surface area contributed by atoms with Gasteiger partial charge in [0, 0.05) is 39.3 Å². The minimum Gasteiger partial charge on any atom is -0.301 e. The lowest BCUT2D eigenvalue weighted by molar-refractivity contribution is 0.110. The van der Waals surface area contributed by atoms with Gasteiger partial charge >= 0.3 is 0 Å². The predicted molar refractivity (Wildman–Crippen MR) is 49.0 cm³/mol. The van der Waals surface area contributed by atoms with Gasteiger partial charge in [-0.1, -0.05) is 0 Å².